The zero-order valence-electron chi connectivity index (χ0n) is 11.9. The number of aromatic nitrogens is 1. The minimum atomic E-state index is -0.663. The van der Waals surface area contributed by atoms with Crippen molar-refractivity contribution in [1.82, 2.24) is 4.98 Å². The molecule has 1 atom stereocenters. The maximum Gasteiger partial charge on any atom is 0.290 e. The second kappa shape index (κ2) is 6.32. The van der Waals surface area contributed by atoms with Gasteiger partial charge in [-0.2, -0.15) is 0 Å². The Hall–Kier alpha value is -2.47. The maximum absolute atomic E-state index is 10.7. The first kappa shape index (κ1) is 14.9. The summed E-state index contributed by atoms with van der Waals surface area (Å²) in [4.78, 5) is 14.2. The minimum Gasteiger partial charge on any atom is -0.387 e. The van der Waals surface area contributed by atoms with E-state index in [1.165, 1.54) is 6.20 Å². The molecular weight excluding hydrogens is 270 g/mol. The monoisotopic (exact) mass is 287 g/mol. The standard InChI is InChI=1S/C15H17N3O3/c1-10-5-3-4-6-12(10)14(19)9-17-15-7-11(2)13(8-16-15)18(20)21/h3-8,14,19H,9H2,1-2H3,(H,16,17). The number of hydrogen-bond acceptors (Lipinski definition) is 5. The lowest BCUT2D eigenvalue weighted by atomic mass is 10.0. The Kier molecular flexibility index (Phi) is 4.49. The summed E-state index contributed by atoms with van der Waals surface area (Å²) in [6, 6.07) is 9.20. The SMILES string of the molecule is Cc1ccccc1C(O)CNc1cc(C)c([N+](=O)[O-])cn1. The minimum absolute atomic E-state index is 0.0139. The van der Waals surface area contributed by atoms with E-state index in [9.17, 15) is 15.2 Å². The summed E-state index contributed by atoms with van der Waals surface area (Å²) < 4.78 is 0. The van der Waals surface area contributed by atoms with Crippen molar-refractivity contribution < 1.29 is 10.0 Å². The molecule has 0 saturated carbocycles. The predicted octanol–water partition coefficient (Wildman–Crippen LogP) is 2.75. The van der Waals surface area contributed by atoms with Crippen LogP contribution in [0.1, 0.15) is 22.8 Å². The first-order chi connectivity index (χ1) is 9.99. The number of nitro groups is 1. The molecule has 0 saturated heterocycles. The number of anilines is 1. The van der Waals surface area contributed by atoms with E-state index in [4.69, 9.17) is 0 Å². The van der Waals surface area contributed by atoms with Crippen LogP contribution in [0, 0.1) is 24.0 Å². The molecule has 110 valence electrons. The molecule has 2 N–H and O–H groups in total. The largest absolute Gasteiger partial charge is 0.387 e. The van der Waals surface area contributed by atoms with Crippen LogP contribution in [0.4, 0.5) is 11.5 Å². The van der Waals surface area contributed by atoms with Gasteiger partial charge in [-0.25, -0.2) is 4.98 Å². The Morgan fingerprint density at radius 3 is 2.67 bits per heavy atom. The van der Waals surface area contributed by atoms with Crippen molar-refractivity contribution in [2.24, 2.45) is 0 Å². The molecule has 2 rings (SSSR count). The third-order valence-corrected chi connectivity index (χ3v) is 3.30. The van der Waals surface area contributed by atoms with E-state index < -0.39 is 11.0 Å². The van der Waals surface area contributed by atoms with Crippen molar-refractivity contribution >= 4 is 11.5 Å². The second-order valence-corrected chi connectivity index (χ2v) is 4.87. The van der Waals surface area contributed by atoms with Gasteiger partial charge >= 0.3 is 0 Å². The van der Waals surface area contributed by atoms with Gasteiger partial charge in [0.05, 0.1) is 11.0 Å². The number of nitrogens with zero attached hydrogens (tertiary/aromatic N) is 2. The highest BCUT2D eigenvalue weighted by Gasteiger charge is 2.13. The van der Waals surface area contributed by atoms with Gasteiger partial charge in [0.15, 0.2) is 0 Å². The lowest BCUT2D eigenvalue weighted by Crippen LogP contribution is -2.14. The molecule has 1 aromatic heterocycles. The van der Waals surface area contributed by atoms with E-state index in [2.05, 4.69) is 10.3 Å². The van der Waals surface area contributed by atoms with Gasteiger partial charge in [0.2, 0.25) is 0 Å². The van der Waals surface area contributed by atoms with E-state index in [1.807, 2.05) is 31.2 Å². The van der Waals surface area contributed by atoms with Gasteiger partial charge in [-0.1, -0.05) is 24.3 Å². The summed E-state index contributed by atoms with van der Waals surface area (Å²) in [6.07, 6.45) is 0.557. The number of aliphatic hydroxyl groups is 1. The summed E-state index contributed by atoms with van der Waals surface area (Å²) in [7, 11) is 0. The molecule has 1 unspecified atom stereocenters. The normalized spacial score (nSPS) is 12.0. The fourth-order valence-electron chi connectivity index (χ4n) is 2.11. The summed E-state index contributed by atoms with van der Waals surface area (Å²) in [5.41, 5.74) is 2.38. The quantitative estimate of drug-likeness (QED) is 0.652. The third kappa shape index (κ3) is 3.55. The Balaban J connectivity index is 2.05. The fraction of sp³-hybridized carbons (Fsp3) is 0.267. The van der Waals surface area contributed by atoms with Crippen LogP contribution in [0.15, 0.2) is 36.5 Å². The maximum atomic E-state index is 10.7. The van der Waals surface area contributed by atoms with Crippen LogP contribution in [0.2, 0.25) is 0 Å². The number of aliphatic hydroxyl groups excluding tert-OH is 1. The second-order valence-electron chi connectivity index (χ2n) is 4.87. The number of benzene rings is 1. The molecule has 1 heterocycles. The molecule has 6 heteroatoms. The van der Waals surface area contributed by atoms with Gasteiger partial charge < -0.3 is 10.4 Å². The molecule has 21 heavy (non-hydrogen) atoms. The molecule has 2 aromatic rings. The zero-order valence-corrected chi connectivity index (χ0v) is 11.9. The summed E-state index contributed by atoms with van der Waals surface area (Å²) in [6.45, 7) is 3.88. The van der Waals surface area contributed by atoms with Crippen molar-refractivity contribution in [3.8, 4) is 0 Å². The first-order valence-electron chi connectivity index (χ1n) is 6.57. The Morgan fingerprint density at radius 1 is 1.33 bits per heavy atom. The van der Waals surface area contributed by atoms with Crippen LogP contribution in [-0.2, 0) is 0 Å². The van der Waals surface area contributed by atoms with Crippen molar-refractivity contribution in [2.75, 3.05) is 11.9 Å². The van der Waals surface area contributed by atoms with E-state index in [0.717, 1.165) is 11.1 Å². The average molecular weight is 287 g/mol. The molecule has 0 radical (unpaired) electrons. The summed E-state index contributed by atoms with van der Waals surface area (Å²) in [5.74, 6) is 0.505. The van der Waals surface area contributed by atoms with Crippen LogP contribution in [0.3, 0.4) is 0 Å². The van der Waals surface area contributed by atoms with Gasteiger partial charge in [-0.05, 0) is 31.0 Å². The zero-order chi connectivity index (χ0) is 15.4. The fourth-order valence-corrected chi connectivity index (χ4v) is 2.11. The number of hydrogen-bond donors (Lipinski definition) is 2. The molecule has 0 fully saturated rings. The van der Waals surface area contributed by atoms with Crippen molar-refractivity contribution in [3.05, 3.63) is 63.3 Å². The van der Waals surface area contributed by atoms with Crippen LogP contribution in [0.25, 0.3) is 0 Å². The Bertz CT molecular complexity index is 658. The van der Waals surface area contributed by atoms with Gasteiger partial charge in [0, 0.05) is 12.1 Å². The van der Waals surface area contributed by atoms with Crippen LogP contribution in [0.5, 0.6) is 0 Å². The van der Waals surface area contributed by atoms with E-state index in [1.54, 1.807) is 13.0 Å². The molecule has 1 aromatic carbocycles. The highest BCUT2D eigenvalue weighted by atomic mass is 16.6. The molecule has 0 aliphatic rings. The molecule has 0 aliphatic heterocycles. The third-order valence-electron chi connectivity index (χ3n) is 3.30. The molecule has 0 spiro atoms. The Labute approximate surface area is 122 Å². The summed E-state index contributed by atoms with van der Waals surface area (Å²) in [5, 5.41) is 23.9. The Morgan fingerprint density at radius 2 is 2.05 bits per heavy atom. The number of aryl methyl sites for hydroxylation is 2. The van der Waals surface area contributed by atoms with E-state index in [-0.39, 0.29) is 12.2 Å². The lowest BCUT2D eigenvalue weighted by Gasteiger charge is -2.15. The molecule has 0 amide bonds. The molecule has 0 bridgehead atoms. The first-order valence-corrected chi connectivity index (χ1v) is 6.57. The van der Waals surface area contributed by atoms with Crippen molar-refractivity contribution in [2.45, 2.75) is 20.0 Å². The van der Waals surface area contributed by atoms with E-state index in [0.29, 0.717) is 11.4 Å². The number of rotatable bonds is 5. The van der Waals surface area contributed by atoms with Gasteiger partial charge in [0.1, 0.15) is 12.0 Å². The lowest BCUT2D eigenvalue weighted by molar-refractivity contribution is -0.385. The molecular formula is C15H17N3O3. The highest BCUT2D eigenvalue weighted by Crippen LogP contribution is 2.21. The van der Waals surface area contributed by atoms with Gasteiger partial charge in [0.25, 0.3) is 5.69 Å². The van der Waals surface area contributed by atoms with Crippen molar-refractivity contribution in [1.29, 1.82) is 0 Å². The number of nitrogens with one attached hydrogen (secondary N) is 1. The smallest absolute Gasteiger partial charge is 0.290 e. The topological polar surface area (TPSA) is 88.3 Å². The molecule has 0 aliphatic carbocycles. The van der Waals surface area contributed by atoms with Crippen LogP contribution < -0.4 is 5.32 Å². The van der Waals surface area contributed by atoms with E-state index >= 15 is 0 Å². The van der Waals surface area contributed by atoms with Gasteiger partial charge in [-0.15, -0.1) is 0 Å². The average Bonchev–Trinajstić information content (AvgIpc) is 2.45. The predicted molar refractivity (Wildman–Crippen MR) is 80.3 cm³/mol. The van der Waals surface area contributed by atoms with Crippen LogP contribution in [-0.4, -0.2) is 21.6 Å². The van der Waals surface area contributed by atoms with Crippen molar-refractivity contribution in [3.63, 3.8) is 0 Å². The molecule has 6 nitrogen and oxygen atoms in total. The van der Waals surface area contributed by atoms with Crippen LogP contribution >= 0.6 is 0 Å². The number of pyridine rings is 1. The summed E-state index contributed by atoms with van der Waals surface area (Å²) >= 11 is 0. The van der Waals surface area contributed by atoms with Gasteiger partial charge in [-0.3, -0.25) is 10.1 Å². The highest BCUT2D eigenvalue weighted by molar-refractivity contribution is 5.47.